The molecule has 1 aromatic heterocycles. The maximum Gasteiger partial charge on any atom is 0.243 e. The molecule has 0 aliphatic carbocycles. The first kappa shape index (κ1) is 11.0. The summed E-state index contributed by atoms with van der Waals surface area (Å²) in [7, 11) is -3.29. The molecule has 1 aromatic carbocycles. The highest BCUT2D eigenvalue weighted by atomic mass is 32.2. The molecular formula is C11H12N2O2S2. The minimum Gasteiger partial charge on any atom is -0.391 e. The van der Waals surface area contributed by atoms with Gasteiger partial charge in [0.25, 0.3) is 0 Å². The lowest BCUT2D eigenvalue weighted by molar-refractivity contribution is 0.309. The van der Waals surface area contributed by atoms with Gasteiger partial charge in [-0.25, -0.2) is 8.42 Å². The number of sulfonamides is 1. The van der Waals surface area contributed by atoms with Gasteiger partial charge in [0.1, 0.15) is 0 Å². The zero-order chi connectivity index (χ0) is 12.0. The molecule has 0 saturated carbocycles. The van der Waals surface area contributed by atoms with E-state index in [4.69, 9.17) is 5.73 Å². The average Bonchev–Trinajstić information content (AvgIpc) is 2.52. The van der Waals surface area contributed by atoms with Gasteiger partial charge >= 0.3 is 0 Å². The van der Waals surface area contributed by atoms with Crippen LogP contribution in [0.25, 0.3) is 10.1 Å². The van der Waals surface area contributed by atoms with Crippen molar-refractivity contribution in [2.24, 2.45) is 0 Å². The van der Waals surface area contributed by atoms with Crippen LogP contribution in [-0.4, -0.2) is 25.8 Å². The van der Waals surface area contributed by atoms with Crippen LogP contribution in [0.15, 0.2) is 29.2 Å². The van der Waals surface area contributed by atoms with E-state index in [1.165, 1.54) is 15.6 Å². The molecule has 6 heteroatoms. The zero-order valence-corrected chi connectivity index (χ0v) is 10.7. The van der Waals surface area contributed by atoms with Crippen molar-refractivity contribution in [1.29, 1.82) is 0 Å². The fourth-order valence-electron chi connectivity index (χ4n) is 1.87. The third-order valence-corrected chi connectivity index (χ3v) is 5.79. The summed E-state index contributed by atoms with van der Waals surface area (Å²) in [5, 5.41) is 1.70. The standard InChI is InChI=1S/C11H12N2O2S2/c12-11-6-8-2-3-9(7-10(8)16-11)17(14,15)13-4-1-5-13/h2-3,6-7H,1,4-5,12H2. The van der Waals surface area contributed by atoms with Gasteiger partial charge in [0, 0.05) is 17.8 Å². The molecule has 1 aliphatic rings. The van der Waals surface area contributed by atoms with Crippen LogP contribution in [0.3, 0.4) is 0 Å². The number of hydrogen-bond donors (Lipinski definition) is 1. The van der Waals surface area contributed by atoms with Crippen LogP contribution >= 0.6 is 11.3 Å². The maximum absolute atomic E-state index is 12.2. The van der Waals surface area contributed by atoms with E-state index in [0.717, 1.165) is 16.5 Å². The summed E-state index contributed by atoms with van der Waals surface area (Å²) in [6.07, 6.45) is 0.952. The molecule has 0 amide bonds. The van der Waals surface area contributed by atoms with Gasteiger partial charge in [-0.15, -0.1) is 11.3 Å². The minimum atomic E-state index is -3.29. The van der Waals surface area contributed by atoms with E-state index >= 15 is 0 Å². The molecule has 2 N–H and O–H groups in total. The van der Waals surface area contributed by atoms with E-state index in [9.17, 15) is 8.42 Å². The van der Waals surface area contributed by atoms with Crippen LogP contribution in [0.4, 0.5) is 5.00 Å². The maximum atomic E-state index is 12.2. The normalized spacial score (nSPS) is 17.2. The van der Waals surface area contributed by atoms with Crippen LogP contribution in [0.1, 0.15) is 6.42 Å². The fraction of sp³-hybridized carbons (Fsp3) is 0.273. The fourth-order valence-corrected chi connectivity index (χ4v) is 4.36. The molecule has 0 radical (unpaired) electrons. The van der Waals surface area contributed by atoms with Crippen molar-refractivity contribution in [1.82, 2.24) is 4.31 Å². The number of anilines is 1. The monoisotopic (exact) mass is 268 g/mol. The Labute approximate surface area is 104 Å². The van der Waals surface area contributed by atoms with E-state index in [1.807, 2.05) is 12.1 Å². The van der Waals surface area contributed by atoms with E-state index < -0.39 is 10.0 Å². The van der Waals surface area contributed by atoms with Gasteiger partial charge in [-0.2, -0.15) is 4.31 Å². The quantitative estimate of drug-likeness (QED) is 0.904. The number of fused-ring (bicyclic) bond motifs is 1. The van der Waals surface area contributed by atoms with Gasteiger partial charge in [0.05, 0.1) is 9.90 Å². The number of benzene rings is 1. The third-order valence-electron chi connectivity index (χ3n) is 2.96. The second kappa shape index (κ2) is 3.69. The molecule has 0 spiro atoms. The minimum absolute atomic E-state index is 0.367. The van der Waals surface area contributed by atoms with Crippen molar-refractivity contribution < 1.29 is 8.42 Å². The van der Waals surface area contributed by atoms with Gasteiger partial charge in [-0.3, -0.25) is 0 Å². The van der Waals surface area contributed by atoms with Crippen molar-refractivity contribution in [3.63, 3.8) is 0 Å². The largest absolute Gasteiger partial charge is 0.391 e. The molecule has 0 atom stereocenters. The first-order chi connectivity index (χ1) is 8.07. The van der Waals surface area contributed by atoms with Gasteiger partial charge in [0.15, 0.2) is 0 Å². The Bertz CT molecular complexity index is 672. The van der Waals surface area contributed by atoms with Crippen LogP contribution in [0, 0.1) is 0 Å². The zero-order valence-electron chi connectivity index (χ0n) is 9.09. The Balaban J connectivity index is 2.11. The lowest BCUT2D eigenvalue weighted by Gasteiger charge is -2.29. The Kier molecular flexibility index (Phi) is 2.39. The topological polar surface area (TPSA) is 63.4 Å². The number of thiophene rings is 1. The first-order valence-electron chi connectivity index (χ1n) is 5.36. The van der Waals surface area contributed by atoms with Gasteiger partial charge < -0.3 is 5.73 Å². The summed E-state index contributed by atoms with van der Waals surface area (Å²) in [5.41, 5.74) is 5.71. The highest BCUT2D eigenvalue weighted by molar-refractivity contribution is 7.89. The number of rotatable bonds is 2. The summed E-state index contributed by atoms with van der Waals surface area (Å²) in [6, 6.07) is 7.04. The molecule has 90 valence electrons. The third kappa shape index (κ3) is 1.72. The van der Waals surface area contributed by atoms with Crippen molar-refractivity contribution in [2.45, 2.75) is 11.3 Å². The molecule has 2 heterocycles. The van der Waals surface area contributed by atoms with Crippen molar-refractivity contribution in [2.75, 3.05) is 18.8 Å². The number of nitrogen functional groups attached to an aromatic ring is 1. The summed E-state index contributed by atoms with van der Waals surface area (Å²) >= 11 is 1.41. The number of nitrogens with zero attached hydrogens (tertiary/aromatic N) is 1. The molecular weight excluding hydrogens is 256 g/mol. The Morgan fingerprint density at radius 1 is 1.24 bits per heavy atom. The molecule has 1 fully saturated rings. The molecule has 17 heavy (non-hydrogen) atoms. The van der Waals surface area contributed by atoms with Gasteiger partial charge in [-0.05, 0) is 30.0 Å². The van der Waals surface area contributed by atoms with Gasteiger partial charge in [-0.1, -0.05) is 6.07 Å². The Hall–Kier alpha value is -1.11. The van der Waals surface area contributed by atoms with Crippen molar-refractivity contribution in [3.05, 3.63) is 24.3 Å². The second-order valence-electron chi connectivity index (χ2n) is 4.11. The van der Waals surface area contributed by atoms with E-state index in [0.29, 0.717) is 23.0 Å². The summed E-state index contributed by atoms with van der Waals surface area (Å²) in [4.78, 5) is 0.367. The molecule has 3 rings (SSSR count). The molecule has 4 nitrogen and oxygen atoms in total. The molecule has 1 aliphatic heterocycles. The SMILES string of the molecule is Nc1cc2ccc(S(=O)(=O)N3CCC3)cc2s1. The van der Waals surface area contributed by atoms with E-state index in [1.54, 1.807) is 12.1 Å². The second-order valence-corrected chi connectivity index (χ2v) is 7.16. The molecule has 0 unspecified atom stereocenters. The lowest BCUT2D eigenvalue weighted by Crippen LogP contribution is -2.41. The summed E-state index contributed by atoms with van der Waals surface area (Å²) in [6.45, 7) is 1.26. The molecule has 1 saturated heterocycles. The average molecular weight is 268 g/mol. The van der Waals surface area contributed by atoms with Crippen LogP contribution in [-0.2, 0) is 10.0 Å². The highest BCUT2D eigenvalue weighted by Gasteiger charge is 2.29. The van der Waals surface area contributed by atoms with Gasteiger partial charge in [0.2, 0.25) is 10.0 Å². The molecule has 0 bridgehead atoms. The smallest absolute Gasteiger partial charge is 0.243 e. The lowest BCUT2D eigenvalue weighted by atomic mass is 10.3. The van der Waals surface area contributed by atoms with Crippen LogP contribution < -0.4 is 5.73 Å². The summed E-state index contributed by atoms with van der Waals surface area (Å²) < 4.78 is 26.8. The molecule has 2 aromatic rings. The van der Waals surface area contributed by atoms with E-state index in [-0.39, 0.29) is 0 Å². The summed E-state index contributed by atoms with van der Waals surface area (Å²) in [5.74, 6) is 0. The highest BCUT2D eigenvalue weighted by Crippen LogP contribution is 2.31. The Morgan fingerprint density at radius 2 is 2.00 bits per heavy atom. The predicted molar refractivity (Wildman–Crippen MR) is 69.6 cm³/mol. The van der Waals surface area contributed by atoms with Crippen LogP contribution in [0.5, 0.6) is 0 Å². The number of nitrogens with two attached hydrogens (primary N) is 1. The first-order valence-corrected chi connectivity index (χ1v) is 7.62. The predicted octanol–water partition coefficient (Wildman–Crippen LogP) is 1.88. The van der Waals surface area contributed by atoms with Crippen molar-refractivity contribution >= 4 is 36.4 Å². The van der Waals surface area contributed by atoms with Crippen molar-refractivity contribution in [3.8, 4) is 0 Å². The Morgan fingerprint density at radius 3 is 2.65 bits per heavy atom. The number of hydrogen-bond acceptors (Lipinski definition) is 4. The van der Waals surface area contributed by atoms with E-state index in [2.05, 4.69) is 0 Å². The van der Waals surface area contributed by atoms with Crippen LogP contribution in [0.2, 0.25) is 0 Å².